The lowest BCUT2D eigenvalue weighted by Crippen LogP contribution is -1.90. The van der Waals surface area contributed by atoms with Crippen LogP contribution >= 0.6 is 0 Å². The van der Waals surface area contributed by atoms with Crippen molar-refractivity contribution in [2.45, 2.75) is 53.4 Å². The molecule has 0 N–H and O–H groups in total. The Bertz CT molecular complexity index is 1100. The molecule has 0 unspecified atom stereocenters. The van der Waals surface area contributed by atoms with Crippen molar-refractivity contribution in [3.8, 4) is 0 Å². The minimum Gasteiger partial charge on any atom is -0.0683 e. The maximum absolute atomic E-state index is 2.27. The summed E-state index contributed by atoms with van der Waals surface area (Å²) in [4.78, 5) is 0. The summed E-state index contributed by atoms with van der Waals surface area (Å²) in [5.41, 5.74) is 11.6. The predicted octanol–water partition coefficient (Wildman–Crippen LogP) is 9.19. The maximum Gasteiger partial charge on any atom is -0.00139 e. The molecular weight excluding hydrogens is 408 g/mol. The lowest BCUT2D eigenvalue weighted by Gasteiger charge is -2.04. The SMILES string of the molecule is C1=Cc2ccccc2Cc2ccccc21.CC.CC.c1ccc2c(c1)CCc1ccccc1C2. The van der Waals surface area contributed by atoms with E-state index < -0.39 is 0 Å². The molecule has 2 aliphatic carbocycles. The molecule has 0 heterocycles. The van der Waals surface area contributed by atoms with Crippen LogP contribution in [0, 0.1) is 0 Å². The Morgan fingerprint density at radius 1 is 0.353 bits per heavy atom. The molecule has 0 atom stereocenters. The predicted molar refractivity (Wildman–Crippen MR) is 150 cm³/mol. The van der Waals surface area contributed by atoms with Crippen molar-refractivity contribution in [2.24, 2.45) is 0 Å². The lowest BCUT2D eigenvalue weighted by molar-refractivity contribution is 0.965. The first kappa shape index (κ1) is 25.2. The molecule has 0 aliphatic heterocycles. The topological polar surface area (TPSA) is 0 Å². The fraction of sp³-hybridized carbons (Fsp3) is 0.235. The molecule has 0 amide bonds. The van der Waals surface area contributed by atoms with Gasteiger partial charge in [-0.1, -0.05) is 137 Å². The van der Waals surface area contributed by atoms with E-state index in [1.165, 1.54) is 57.3 Å². The van der Waals surface area contributed by atoms with Crippen LogP contribution in [0.15, 0.2) is 97.1 Å². The van der Waals surface area contributed by atoms with Gasteiger partial charge in [-0.25, -0.2) is 0 Å². The Morgan fingerprint density at radius 3 is 1.06 bits per heavy atom. The summed E-state index contributed by atoms with van der Waals surface area (Å²) in [6, 6.07) is 34.8. The van der Waals surface area contributed by atoms with Crippen LogP contribution in [0.25, 0.3) is 12.2 Å². The average Bonchev–Trinajstić information content (AvgIpc) is 3.23. The Morgan fingerprint density at radius 2 is 0.647 bits per heavy atom. The quantitative estimate of drug-likeness (QED) is 0.222. The third-order valence-corrected chi connectivity index (χ3v) is 6.21. The molecule has 174 valence electrons. The second-order valence-electron chi connectivity index (χ2n) is 8.12. The highest BCUT2D eigenvalue weighted by Crippen LogP contribution is 2.25. The maximum atomic E-state index is 2.27. The normalized spacial score (nSPS) is 12.1. The van der Waals surface area contributed by atoms with Gasteiger partial charge >= 0.3 is 0 Å². The van der Waals surface area contributed by atoms with E-state index in [2.05, 4.69) is 109 Å². The number of rotatable bonds is 0. The van der Waals surface area contributed by atoms with Crippen LogP contribution in [-0.4, -0.2) is 0 Å². The lowest BCUT2D eigenvalue weighted by atomic mass is 10.0. The van der Waals surface area contributed by atoms with Crippen LogP contribution in [0.5, 0.6) is 0 Å². The minimum atomic E-state index is 1.04. The first-order valence-electron chi connectivity index (χ1n) is 12.8. The fourth-order valence-electron chi connectivity index (χ4n) is 4.52. The van der Waals surface area contributed by atoms with Crippen molar-refractivity contribution >= 4 is 12.2 Å². The molecular formula is C34H38. The van der Waals surface area contributed by atoms with Crippen LogP contribution in [0.1, 0.15) is 72.2 Å². The second-order valence-corrected chi connectivity index (χ2v) is 8.12. The zero-order valence-electron chi connectivity index (χ0n) is 21.2. The van der Waals surface area contributed by atoms with Crippen LogP contribution in [-0.2, 0) is 25.7 Å². The molecule has 6 rings (SSSR count). The van der Waals surface area contributed by atoms with Gasteiger partial charge in [0.1, 0.15) is 0 Å². The first-order valence-corrected chi connectivity index (χ1v) is 12.8. The highest BCUT2D eigenvalue weighted by Gasteiger charge is 2.11. The standard InChI is InChI=1S/C15H14.C15H12.2C2H6/c2*1-3-7-14-11-15-8-4-2-6-13(15)10-9-12(14)5-1;2*1-2/h1-8H,9-11H2;1-10H,11H2;2*1-2H3. The largest absolute Gasteiger partial charge is 0.0683 e. The molecule has 0 radical (unpaired) electrons. The molecule has 0 saturated heterocycles. The number of aryl methyl sites for hydroxylation is 2. The molecule has 0 nitrogen and oxygen atoms in total. The summed E-state index contributed by atoms with van der Waals surface area (Å²) < 4.78 is 0. The molecule has 0 bridgehead atoms. The van der Waals surface area contributed by atoms with E-state index in [9.17, 15) is 0 Å². The number of hydrogen-bond acceptors (Lipinski definition) is 0. The summed E-state index contributed by atoms with van der Waals surface area (Å²) in [6.07, 6.45) is 8.94. The van der Waals surface area contributed by atoms with Crippen LogP contribution in [0.2, 0.25) is 0 Å². The van der Waals surface area contributed by atoms with Gasteiger partial charge in [0.2, 0.25) is 0 Å². The van der Waals surface area contributed by atoms with Crippen LogP contribution < -0.4 is 0 Å². The zero-order valence-corrected chi connectivity index (χ0v) is 21.2. The Labute approximate surface area is 207 Å². The van der Waals surface area contributed by atoms with Gasteiger partial charge in [0.15, 0.2) is 0 Å². The van der Waals surface area contributed by atoms with Gasteiger partial charge in [-0.15, -0.1) is 0 Å². The third kappa shape index (κ3) is 6.35. The van der Waals surface area contributed by atoms with Gasteiger partial charge in [-0.3, -0.25) is 0 Å². The Kier molecular flexibility index (Phi) is 9.92. The summed E-state index contributed by atoms with van der Waals surface area (Å²) in [7, 11) is 0. The Hall–Kier alpha value is -3.38. The smallest absolute Gasteiger partial charge is 0.00139 e. The highest BCUT2D eigenvalue weighted by molar-refractivity contribution is 5.75. The van der Waals surface area contributed by atoms with Crippen LogP contribution in [0.4, 0.5) is 0 Å². The highest BCUT2D eigenvalue weighted by atomic mass is 14.2. The van der Waals surface area contributed by atoms with Gasteiger partial charge in [0.25, 0.3) is 0 Å². The molecule has 0 spiro atoms. The van der Waals surface area contributed by atoms with Gasteiger partial charge in [0.05, 0.1) is 0 Å². The molecule has 0 heteroatoms. The molecule has 4 aromatic rings. The average molecular weight is 447 g/mol. The second kappa shape index (κ2) is 13.4. The molecule has 0 saturated carbocycles. The van der Waals surface area contributed by atoms with Crippen molar-refractivity contribution in [3.63, 3.8) is 0 Å². The molecule has 0 fully saturated rings. The molecule has 34 heavy (non-hydrogen) atoms. The first-order chi connectivity index (χ1) is 16.9. The Balaban J connectivity index is 0.000000167. The van der Waals surface area contributed by atoms with Crippen molar-refractivity contribution in [2.75, 3.05) is 0 Å². The van der Waals surface area contributed by atoms with E-state index >= 15 is 0 Å². The van der Waals surface area contributed by atoms with Crippen LogP contribution in [0.3, 0.4) is 0 Å². The van der Waals surface area contributed by atoms with Crippen molar-refractivity contribution in [3.05, 3.63) is 142 Å². The van der Waals surface area contributed by atoms with Gasteiger partial charge in [-0.05, 0) is 70.2 Å². The van der Waals surface area contributed by atoms with Crippen molar-refractivity contribution in [1.29, 1.82) is 0 Å². The number of fused-ring (bicyclic) bond motifs is 4. The van der Waals surface area contributed by atoms with E-state index in [0.29, 0.717) is 0 Å². The van der Waals surface area contributed by atoms with Gasteiger partial charge in [0, 0.05) is 0 Å². The zero-order chi connectivity index (χ0) is 24.2. The molecule has 4 aromatic carbocycles. The van der Waals surface area contributed by atoms with E-state index in [1.54, 1.807) is 0 Å². The molecule has 2 aliphatic rings. The van der Waals surface area contributed by atoms with E-state index in [0.717, 1.165) is 12.8 Å². The monoisotopic (exact) mass is 446 g/mol. The van der Waals surface area contributed by atoms with E-state index in [1.807, 2.05) is 27.7 Å². The van der Waals surface area contributed by atoms with Gasteiger partial charge < -0.3 is 0 Å². The number of hydrogen-bond donors (Lipinski definition) is 0. The van der Waals surface area contributed by atoms with E-state index in [-0.39, 0.29) is 0 Å². The van der Waals surface area contributed by atoms with Gasteiger partial charge in [-0.2, -0.15) is 0 Å². The summed E-state index contributed by atoms with van der Waals surface area (Å²) in [5.74, 6) is 0. The minimum absolute atomic E-state index is 1.04. The summed E-state index contributed by atoms with van der Waals surface area (Å²) in [6.45, 7) is 8.00. The van der Waals surface area contributed by atoms with E-state index in [4.69, 9.17) is 0 Å². The number of benzene rings is 4. The summed E-state index contributed by atoms with van der Waals surface area (Å²) in [5, 5.41) is 0. The fourth-order valence-corrected chi connectivity index (χ4v) is 4.52. The van der Waals surface area contributed by atoms with Crippen molar-refractivity contribution < 1.29 is 0 Å². The summed E-state index contributed by atoms with van der Waals surface area (Å²) >= 11 is 0. The van der Waals surface area contributed by atoms with Crippen molar-refractivity contribution in [1.82, 2.24) is 0 Å². The molecule has 0 aromatic heterocycles. The third-order valence-electron chi connectivity index (χ3n) is 6.21.